The first kappa shape index (κ1) is 27.7. The molecule has 0 spiro atoms. The number of nitrogens with zero attached hydrogens (tertiary/aromatic N) is 2. The van der Waals surface area contributed by atoms with Gasteiger partial charge >= 0.3 is 0 Å². The number of carbonyl (C=O) groups is 2. The molecule has 0 unspecified atom stereocenters. The van der Waals surface area contributed by atoms with E-state index in [0.29, 0.717) is 28.9 Å². The number of sulfonamides is 1. The number of ether oxygens (including phenoxy) is 1. The summed E-state index contributed by atoms with van der Waals surface area (Å²) < 4.78 is 32.6. The van der Waals surface area contributed by atoms with Crippen LogP contribution >= 0.6 is 0 Å². The van der Waals surface area contributed by atoms with Gasteiger partial charge in [-0.15, -0.1) is 0 Å². The van der Waals surface area contributed by atoms with E-state index in [1.54, 1.807) is 50.2 Å². The van der Waals surface area contributed by atoms with Gasteiger partial charge in [-0.05, 0) is 69.7 Å². The number of methoxy groups -OCH3 is 1. The minimum absolute atomic E-state index is 0.0599. The van der Waals surface area contributed by atoms with Crippen molar-refractivity contribution in [3.8, 4) is 5.75 Å². The molecule has 0 aromatic heterocycles. The van der Waals surface area contributed by atoms with Crippen LogP contribution < -0.4 is 4.74 Å². The standard InChI is InChI=1S/C26H36N2O5S/c1-19-16-24(33-6)17-20(2)26(19)34(31,32)28(5)15-13-23(29)18-21-9-11-22(12-10-21)25(30)8-7-14-27(3)4/h9-12,16-17H,7-8,13-15,18H2,1-6H3. The van der Waals surface area contributed by atoms with Crippen molar-refractivity contribution in [2.45, 2.75) is 44.4 Å². The van der Waals surface area contributed by atoms with E-state index in [4.69, 9.17) is 4.74 Å². The van der Waals surface area contributed by atoms with Crippen LogP contribution in [0.1, 0.15) is 46.3 Å². The summed E-state index contributed by atoms with van der Waals surface area (Å²) in [5.41, 5.74) is 2.66. The summed E-state index contributed by atoms with van der Waals surface area (Å²) in [7, 11) is 3.24. The molecule has 0 bridgehead atoms. The minimum atomic E-state index is -3.74. The number of rotatable bonds is 13. The third-order valence-electron chi connectivity index (χ3n) is 5.73. The Morgan fingerprint density at radius 3 is 2.03 bits per heavy atom. The van der Waals surface area contributed by atoms with Crippen molar-refractivity contribution < 1.29 is 22.7 Å². The molecule has 2 aromatic carbocycles. The maximum absolute atomic E-state index is 13.1. The van der Waals surface area contributed by atoms with E-state index in [-0.39, 0.29) is 35.8 Å². The molecule has 0 N–H and O–H groups in total. The number of ketones is 2. The summed E-state index contributed by atoms with van der Waals surface area (Å²) in [6.07, 6.45) is 1.60. The molecular formula is C26H36N2O5S. The zero-order chi connectivity index (χ0) is 25.5. The van der Waals surface area contributed by atoms with Gasteiger partial charge in [-0.1, -0.05) is 24.3 Å². The van der Waals surface area contributed by atoms with Crippen molar-refractivity contribution in [1.29, 1.82) is 0 Å². The second-order valence-corrected chi connectivity index (χ2v) is 10.9. The van der Waals surface area contributed by atoms with Crippen LogP contribution in [0.5, 0.6) is 5.75 Å². The lowest BCUT2D eigenvalue weighted by Crippen LogP contribution is -2.30. The molecule has 0 amide bonds. The van der Waals surface area contributed by atoms with E-state index in [2.05, 4.69) is 0 Å². The Balaban J connectivity index is 1.94. The lowest BCUT2D eigenvalue weighted by Gasteiger charge is -2.20. The molecule has 2 aromatic rings. The van der Waals surface area contributed by atoms with Crippen LogP contribution in [0, 0.1) is 13.8 Å². The van der Waals surface area contributed by atoms with Gasteiger partial charge in [0.25, 0.3) is 0 Å². The Bertz CT molecular complexity index is 1090. The SMILES string of the molecule is COc1cc(C)c(S(=O)(=O)N(C)CCC(=O)Cc2ccc(C(=O)CCCN(C)C)cc2)c(C)c1. The lowest BCUT2D eigenvalue weighted by molar-refractivity contribution is -0.118. The monoisotopic (exact) mass is 488 g/mol. The van der Waals surface area contributed by atoms with E-state index in [1.165, 1.54) is 18.5 Å². The Morgan fingerprint density at radius 2 is 1.50 bits per heavy atom. The van der Waals surface area contributed by atoms with E-state index in [0.717, 1.165) is 18.5 Å². The predicted molar refractivity (Wildman–Crippen MR) is 134 cm³/mol. The van der Waals surface area contributed by atoms with Crippen molar-refractivity contribution in [3.05, 3.63) is 58.7 Å². The third kappa shape index (κ3) is 7.48. The second-order valence-electron chi connectivity index (χ2n) is 8.91. The normalized spacial score (nSPS) is 11.8. The topological polar surface area (TPSA) is 84.0 Å². The van der Waals surface area contributed by atoms with E-state index in [1.807, 2.05) is 19.0 Å². The smallest absolute Gasteiger partial charge is 0.243 e. The maximum atomic E-state index is 13.1. The van der Waals surface area contributed by atoms with E-state index < -0.39 is 10.0 Å². The van der Waals surface area contributed by atoms with Crippen LogP contribution in [0.25, 0.3) is 0 Å². The highest BCUT2D eigenvalue weighted by Crippen LogP contribution is 2.27. The molecule has 186 valence electrons. The van der Waals surface area contributed by atoms with E-state index >= 15 is 0 Å². The molecule has 8 heteroatoms. The van der Waals surface area contributed by atoms with Gasteiger partial charge in [0.2, 0.25) is 10.0 Å². The first-order chi connectivity index (χ1) is 15.9. The van der Waals surface area contributed by atoms with Crippen LogP contribution in [0.2, 0.25) is 0 Å². The quantitative estimate of drug-likeness (QED) is 0.400. The number of benzene rings is 2. The minimum Gasteiger partial charge on any atom is -0.497 e. The van der Waals surface area contributed by atoms with E-state index in [9.17, 15) is 18.0 Å². The average Bonchev–Trinajstić information content (AvgIpc) is 2.76. The fourth-order valence-corrected chi connectivity index (χ4v) is 5.39. The lowest BCUT2D eigenvalue weighted by atomic mass is 10.0. The Morgan fingerprint density at radius 1 is 0.912 bits per heavy atom. The molecule has 0 radical (unpaired) electrons. The summed E-state index contributed by atoms with van der Waals surface area (Å²) in [4.78, 5) is 27.1. The fraction of sp³-hybridized carbons (Fsp3) is 0.462. The van der Waals surface area contributed by atoms with Crippen LogP contribution in [0.4, 0.5) is 0 Å². The Kier molecular flexibility index (Phi) is 9.97. The molecule has 2 rings (SSSR count). The summed E-state index contributed by atoms with van der Waals surface area (Å²) in [6, 6.07) is 10.5. The van der Waals surface area contributed by atoms with Gasteiger partial charge in [0.05, 0.1) is 12.0 Å². The van der Waals surface area contributed by atoms with Gasteiger partial charge in [-0.3, -0.25) is 9.59 Å². The molecule has 7 nitrogen and oxygen atoms in total. The van der Waals surface area contributed by atoms with Gasteiger partial charge < -0.3 is 9.64 Å². The molecule has 0 fully saturated rings. The fourth-order valence-electron chi connectivity index (χ4n) is 3.82. The highest BCUT2D eigenvalue weighted by Gasteiger charge is 2.25. The number of hydrogen-bond acceptors (Lipinski definition) is 6. The molecular weight excluding hydrogens is 452 g/mol. The number of carbonyl (C=O) groups excluding carboxylic acids is 2. The van der Waals surface area contributed by atoms with Crippen LogP contribution in [0.3, 0.4) is 0 Å². The number of aryl methyl sites for hydroxylation is 2. The molecule has 34 heavy (non-hydrogen) atoms. The molecule has 0 aliphatic rings. The van der Waals surface area contributed by atoms with Gasteiger partial charge in [0, 0.05) is 38.4 Å². The molecule has 0 saturated carbocycles. The van der Waals surface area contributed by atoms with Crippen molar-refractivity contribution in [2.24, 2.45) is 0 Å². The van der Waals surface area contributed by atoms with Crippen molar-refractivity contribution in [2.75, 3.05) is 41.3 Å². The molecule has 0 heterocycles. The molecule has 0 saturated heterocycles. The van der Waals surface area contributed by atoms with Crippen LogP contribution in [-0.4, -0.2) is 70.5 Å². The second kappa shape index (κ2) is 12.2. The van der Waals surface area contributed by atoms with Crippen molar-refractivity contribution in [3.63, 3.8) is 0 Å². The summed E-state index contributed by atoms with van der Waals surface area (Å²) >= 11 is 0. The third-order valence-corrected chi connectivity index (χ3v) is 7.89. The highest BCUT2D eigenvalue weighted by atomic mass is 32.2. The Hall–Kier alpha value is -2.55. The number of Topliss-reactive ketones (excluding diaryl/α,β-unsaturated/α-hetero) is 2. The molecule has 0 atom stereocenters. The van der Waals surface area contributed by atoms with Gasteiger partial charge in [0.1, 0.15) is 11.5 Å². The van der Waals surface area contributed by atoms with Crippen molar-refractivity contribution >= 4 is 21.6 Å². The first-order valence-corrected chi connectivity index (χ1v) is 12.8. The van der Waals surface area contributed by atoms with Crippen LogP contribution in [-0.2, 0) is 21.2 Å². The van der Waals surface area contributed by atoms with Gasteiger partial charge in [0.15, 0.2) is 5.78 Å². The van der Waals surface area contributed by atoms with Crippen molar-refractivity contribution in [1.82, 2.24) is 9.21 Å². The average molecular weight is 489 g/mol. The highest BCUT2D eigenvalue weighted by molar-refractivity contribution is 7.89. The first-order valence-electron chi connectivity index (χ1n) is 11.4. The largest absolute Gasteiger partial charge is 0.497 e. The summed E-state index contributed by atoms with van der Waals surface area (Å²) in [5, 5.41) is 0. The Labute approximate surface area is 203 Å². The number of hydrogen-bond donors (Lipinski definition) is 0. The maximum Gasteiger partial charge on any atom is 0.243 e. The molecule has 0 aliphatic heterocycles. The molecule has 0 aliphatic carbocycles. The summed E-state index contributed by atoms with van der Waals surface area (Å²) in [5.74, 6) is 0.638. The zero-order valence-electron chi connectivity index (χ0n) is 21.1. The summed E-state index contributed by atoms with van der Waals surface area (Å²) in [6.45, 7) is 4.42. The predicted octanol–water partition coefficient (Wildman–Crippen LogP) is 3.66. The van der Waals surface area contributed by atoms with Crippen LogP contribution in [0.15, 0.2) is 41.3 Å². The zero-order valence-corrected chi connectivity index (χ0v) is 21.9. The van der Waals surface area contributed by atoms with Gasteiger partial charge in [-0.2, -0.15) is 0 Å². The van der Waals surface area contributed by atoms with Gasteiger partial charge in [-0.25, -0.2) is 12.7 Å².